The summed E-state index contributed by atoms with van der Waals surface area (Å²) in [6.45, 7) is 5.01. The number of rotatable bonds is 6. The molecule has 0 saturated carbocycles. The van der Waals surface area contributed by atoms with E-state index in [2.05, 4.69) is 6.92 Å². The molecule has 21 heavy (non-hydrogen) atoms. The molecule has 0 aromatic heterocycles. The third-order valence-electron chi connectivity index (χ3n) is 3.95. The molecule has 1 heterocycles. The summed E-state index contributed by atoms with van der Waals surface area (Å²) in [5, 5.41) is 0. The van der Waals surface area contributed by atoms with Gasteiger partial charge >= 0.3 is 0 Å². The van der Waals surface area contributed by atoms with Crippen molar-refractivity contribution in [3.05, 3.63) is 30.3 Å². The van der Waals surface area contributed by atoms with Crippen molar-refractivity contribution in [1.82, 2.24) is 4.90 Å². The fraction of sp³-hybridized carbons (Fsp3) is 0.562. The van der Waals surface area contributed by atoms with E-state index in [1.807, 2.05) is 35.2 Å². The number of hydrogen-bond acceptors (Lipinski definition) is 3. The summed E-state index contributed by atoms with van der Waals surface area (Å²) in [5.74, 6) is 1.08. The molecule has 2 N–H and O–H groups in total. The van der Waals surface area contributed by atoms with Crippen LogP contribution in [-0.2, 0) is 4.79 Å². The van der Waals surface area contributed by atoms with Crippen LogP contribution in [0, 0.1) is 5.41 Å². The quantitative estimate of drug-likeness (QED) is 0.821. The molecule has 5 heteroatoms. The van der Waals surface area contributed by atoms with Gasteiger partial charge in [0.15, 0.2) is 0 Å². The van der Waals surface area contributed by atoms with E-state index in [0.29, 0.717) is 19.6 Å². The molecule has 1 fully saturated rings. The Balaban J connectivity index is 0.00000220. The van der Waals surface area contributed by atoms with Crippen molar-refractivity contribution in [3.63, 3.8) is 0 Å². The second-order valence-corrected chi connectivity index (χ2v) is 5.85. The van der Waals surface area contributed by atoms with Crippen molar-refractivity contribution in [2.45, 2.75) is 26.2 Å². The summed E-state index contributed by atoms with van der Waals surface area (Å²) in [5.41, 5.74) is 5.87. The molecule has 0 aliphatic carbocycles. The highest BCUT2D eigenvalue weighted by molar-refractivity contribution is 5.85. The number of nitrogens with zero attached hydrogens (tertiary/aromatic N) is 1. The molecule has 1 atom stereocenters. The van der Waals surface area contributed by atoms with Crippen molar-refractivity contribution < 1.29 is 9.53 Å². The number of ether oxygens (including phenoxy) is 1. The van der Waals surface area contributed by atoms with Crippen LogP contribution in [0.2, 0.25) is 0 Å². The molecule has 1 amide bonds. The summed E-state index contributed by atoms with van der Waals surface area (Å²) in [6, 6.07) is 9.69. The zero-order valence-electron chi connectivity index (χ0n) is 12.6. The first kappa shape index (κ1) is 17.8. The van der Waals surface area contributed by atoms with E-state index in [9.17, 15) is 4.79 Å². The minimum absolute atomic E-state index is 0. The highest BCUT2D eigenvalue weighted by Crippen LogP contribution is 2.28. The van der Waals surface area contributed by atoms with Gasteiger partial charge in [-0.15, -0.1) is 12.4 Å². The van der Waals surface area contributed by atoms with Crippen LogP contribution in [0.5, 0.6) is 5.75 Å². The maximum atomic E-state index is 12.1. The molecule has 1 aromatic carbocycles. The Morgan fingerprint density at radius 1 is 1.38 bits per heavy atom. The third-order valence-corrected chi connectivity index (χ3v) is 3.95. The first-order valence-electron chi connectivity index (χ1n) is 7.29. The van der Waals surface area contributed by atoms with Crippen LogP contribution in [0.1, 0.15) is 26.2 Å². The number of nitrogens with two attached hydrogens (primary N) is 1. The lowest BCUT2D eigenvalue weighted by molar-refractivity contribution is -0.130. The first-order valence-corrected chi connectivity index (χ1v) is 7.29. The fourth-order valence-electron chi connectivity index (χ4n) is 2.49. The molecule has 4 nitrogen and oxygen atoms in total. The van der Waals surface area contributed by atoms with Crippen molar-refractivity contribution in [2.75, 3.05) is 26.2 Å². The topological polar surface area (TPSA) is 55.6 Å². The maximum absolute atomic E-state index is 12.1. The predicted octanol–water partition coefficient (Wildman–Crippen LogP) is 2.46. The van der Waals surface area contributed by atoms with E-state index in [1.54, 1.807) is 0 Å². The Bertz CT molecular complexity index is 441. The van der Waals surface area contributed by atoms with Gasteiger partial charge in [0.25, 0.3) is 0 Å². The zero-order valence-corrected chi connectivity index (χ0v) is 13.4. The number of amides is 1. The monoisotopic (exact) mass is 312 g/mol. The van der Waals surface area contributed by atoms with Crippen LogP contribution in [0.25, 0.3) is 0 Å². The molecule has 0 spiro atoms. The molecule has 1 saturated heterocycles. The van der Waals surface area contributed by atoms with Crippen LogP contribution in [-0.4, -0.2) is 37.0 Å². The number of hydrogen-bond donors (Lipinski definition) is 1. The number of benzene rings is 1. The van der Waals surface area contributed by atoms with Crippen LogP contribution >= 0.6 is 12.4 Å². The van der Waals surface area contributed by atoms with Gasteiger partial charge in [0.1, 0.15) is 5.75 Å². The van der Waals surface area contributed by atoms with E-state index < -0.39 is 0 Å². The SMILES string of the molecule is CC1(CN)CCN(C(=O)CCCOc2ccccc2)C1.Cl. The second kappa shape index (κ2) is 8.25. The van der Waals surface area contributed by atoms with E-state index in [0.717, 1.165) is 31.7 Å². The van der Waals surface area contributed by atoms with Crippen molar-refractivity contribution in [1.29, 1.82) is 0 Å². The van der Waals surface area contributed by atoms with Crippen LogP contribution in [0.15, 0.2) is 30.3 Å². The van der Waals surface area contributed by atoms with Crippen molar-refractivity contribution in [2.24, 2.45) is 11.1 Å². The Hall–Kier alpha value is -1.26. The lowest BCUT2D eigenvalue weighted by Gasteiger charge is -2.22. The summed E-state index contributed by atoms with van der Waals surface area (Å²) in [7, 11) is 0. The highest BCUT2D eigenvalue weighted by atomic mass is 35.5. The lowest BCUT2D eigenvalue weighted by atomic mass is 9.90. The van der Waals surface area contributed by atoms with Gasteiger partial charge in [-0.05, 0) is 36.9 Å². The summed E-state index contributed by atoms with van der Waals surface area (Å²) >= 11 is 0. The van der Waals surface area contributed by atoms with E-state index >= 15 is 0 Å². The summed E-state index contributed by atoms with van der Waals surface area (Å²) < 4.78 is 5.59. The second-order valence-electron chi connectivity index (χ2n) is 5.85. The standard InChI is InChI=1S/C16H24N2O2.ClH/c1-16(12-17)9-10-18(13-16)15(19)8-5-11-20-14-6-3-2-4-7-14;/h2-4,6-7H,5,8-13,17H2,1H3;1H. The number of halogens is 1. The van der Waals surface area contributed by atoms with Crippen molar-refractivity contribution >= 4 is 18.3 Å². The number of carbonyl (C=O) groups excluding carboxylic acids is 1. The molecular weight excluding hydrogens is 288 g/mol. The van der Waals surface area contributed by atoms with Gasteiger partial charge in [-0.3, -0.25) is 4.79 Å². The van der Waals surface area contributed by atoms with Crippen LogP contribution in [0.3, 0.4) is 0 Å². The molecule has 1 aliphatic rings. The van der Waals surface area contributed by atoms with Gasteiger partial charge in [0.05, 0.1) is 6.61 Å². The van der Waals surface area contributed by atoms with Crippen molar-refractivity contribution in [3.8, 4) is 5.75 Å². The van der Waals surface area contributed by atoms with E-state index in [-0.39, 0.29) is 23.7 Å². The average Bonchev–Trinajstić information content (AvgIpc) is 2.88. The number of para-hydroxylation sites is 1. The predicted molar refractivity (Wildman–Crippen MR) is 86.8 cm³/mol. The minimum atomic E-state index is 0. The smallest absolute Gasteiger partial charge is 0.222 e. The molecule has 0 radical (unpaired) electrons. The van der Waals surface area contributed by atoms with Crippen LogP contribution in [0.4, 0.5) is 0 Å². The van der Waals surface area contributed by atoms with Crippen LogP contribution < -0.4 is 10.5 Å². The lowest BCUT2D eigenvalue weighted by Crippen LogP contribution is -2.34. The average molecular weight is 313 g/mol. The summed E-state index contributed by atoms with van der Waals surface area (Å²) in [4.78, 5) is 14.0. The Morgan fingerprint density at radius 3 is 2.71 bits per heavy atom. The Kier molecular flexibility index (Phi) is 6.99. The Labute approximate surface area is 133 Å². The van der Waals surface area contributed by atoms with Gasteiger partial charge in [0.2, 0.25) is 5.91 Å². The zero-order chi connectivity index (χ0) is 14.4. The van der Waals surface area contributed by atoms with Gasteiger partial charge in [-0.25, -0.2) is 0 Å². The molecule has 1 aromatic rings. The third kappa shape index (κ3) is 5.21. The molecule has 1 unspecified atom stereocenters. The molecule has 0 bridgehead atoms. The molecule has 1 aliphatic heterocycles. The normalized spacial score (nSPS) is 21.0. The minimum Gasteiger partial charge on any atom is -0.494 e. The van der Waals surface area contributed by atoms with E-state index in [4.69, 9.17) is 10.5 Å². The van der Waals surface area contributed by atoms with E-state index in [1.165, 1.54) is 0 Å². The van der Waals surface area contributed by atoms with Gasteiger partial charge in [-0.2, -0.15) is 0 Å². The highest BCUT2D eigenvalue weighted by Gasteiger charge is 2.34. The molecule has 118 valence electrons. The fourth-order valence-corrected chi connectivity index (χ4v) is 2.49. The first-order chi connectivity index (χ1) is 9.63. The number of likely N-dealkylation sites (tertiary alicyclic amines) is 1. The molecular formula is C16H25ClN2O2. The Morgan fingerprint density at radius 2 is 2.10 bits per heavy atom. The molecule has 2 rings (SSSR count). The number of carbonyl (C=O) groups is 1. The summed E-state index contributed by atoms with van der Waals surface area (Å²) in [6.07, 6.45) is 2.31. The van der Waals surface area contributed by atoms with Gasteiger partial charge in [0, 0.05) is 19.5 Å². The maximum Gasteiger partial charge on any atom is 0.222 e. The van der Waals surface area contributed by atoms with Gasteiger partial charge < -0.3 is 15.4 Å². The largest absolute Gasteiger partial charge is 0.494 e. The van der Waals surface area contributed by atoms with Gasteiger partial charge in [-0.1, -0.05) is 25.1 Å².